The van der Waals surface area contributed by atoms with E-state index in [1.807, 2.05) is 60.7 Å². The Kier molecular flexibility index (Phi) is 5.74. The number of halogens is 1. The number of ether oxygens (including phenoxy) is 1. The quantitative estimate of drug-likeness (QED) is 0.393. The molecule has 0 spiro atoms. The van der Waals surface area contributed by atoms with Crippen molar-refractivity contribution in [1.29, 1.82) is 0 Å². The minimum atomic E-state index is -0.0487. The molecule has 1 aromatic heterocycles. The van der Waals surface area contributed by atoms with Crippen LogP contribution in [-0.2, 0) is 4.74 Å². The zero-order chi connectivity index (χ0) is 19.3. The van der Waals surface area contributed by atoms with Crippen molar-refractivity contribution < 1.29 is 13.9 Å². The van der Waals surface area contributed by atoms with Gasteiger partial charge in [0.05, 0.1) is 13.2 Å². The number of carbonyl (C=O) groups excluding carboxylic acids is 1. The van der Waals surface area contributed by atoms with E-state index in [0.29, 0.717) is 11.3 Å². The number of hydrogen-bond donors (Lipinski definition) is 0. The highest BCUT2D eigenvalue weighted by atomic mass is 79.9. The van der Waals surface area contributed by atoms with Gasteiger partial charge in [0.15, 0.2) is 5.78 Å². The lowest BCUT2D eigenvalue weighted by molar-refractivity contribution is 0.104. The minimum Gasteiger partial charge on any atom is -0.457 e. The average Bonchev–Trinajstić information content (AvgIpc) is 3.22. The fourth-order valence-corrected chi connectivity index (χ4v) is 3.64. The van der Waals surface area contributed by atoms with Crippen LogP contribution >= 0.6 is 15.9 Å². The van der Waals surface area contributed by atoms with Crippen molar-refractivity contribution in [1.82, 2.24) is 0 Å². The molecule has 0 bridgehead atoms. The van der Waals surface area contributed by atoms with E-state index < -0.39 is 0 Å². The highest BCUT2D eigenvalue weighted by Crippen LogP contribution is 2.29. The lowest BCUT2D eigenvalue weighted by atomic mass is 10.1. The van der Waals surface area contributed by atoms with Crippen LogP contribution in [-0.4, -0.2) is 32.1 Å². The maximum absolute atomic E-state index is 12.5. The van der Waals surface area contributed by atoms with Crippen molar-refractivity contribution in [2.24, 2.45) is 0 Å². The third-order valence-electron chi connectivity index (χ3n) is 4.69. The van der Waals surface area contributed by atoms with Crippen LogP contribution in [0, 0.1) is 0 Å². The standard InChI is InChI=1S/C23H20BrNO3/c24-21-4-2-1-3-20(21)23-12-10-19(28-23)9-11-22(26)17-5-7-18(8-6-17)25-13-15-27-16-14-25/h1-12H,13-16H2/b11-9+. The van der Waals surface area contributed by atoms with E-state index in [-0.39, 0.29) is 5.78 Å². The molecule has 4 rings (SSSR count). The third-order valence-corrected chi connectivity index (χ3v) is 5.38. The maximum atomic E-state index is 12.5. The molecular weight excluding hydrogens is 418 g/mol. The number of rotatable bonds is 5. The number of benzene rings is 2. The Balaban J connectivity index is 1.43. The summed E-state index contributed by atoms with van der Waals surface area (Å²) in [6.07, 6.45) is 3.25. The number of anilines is 1. The molecule has 1 fully saturated rings. The predicted molar refractivity (Wildman–Crippen MR) is 115 cm³/mol. The molecule has 0 saturated carbocycles. The van der Waals surface area contributed by atoms with Crippen LogP contribution < -0.4 is 4.90 Å². The number of furan rings is 1. The van der Waals surface area contributed by atoms with Crippen LogP contribution in [0.3, 0.4) is 0 Å². The largest absolute Gasteiger partial charge is 0.457 e. The second-order valence-electron chi connectivity index (χ2n) is 6.53. The topological polar surface area (TPSA) is 42.7 Å². The first-order chi connectivity index (χ1) is 13.7. The van der Waals surface area contributed by atoms with E-state index in [4.69, 9.17) is 9.15 Å². The van der Waals surface area contributed by atoms with Crippen molar-refractivity contribution in [2.75, 3.05) is 31.2 Å². The van der Waals surface area contributed by atoms with Crippen LogP contribution in [0.1, 0.15) is 16.1 Å². The molecule has 0 amide bonds. The Hall–Kier alpha value is -2.63. The Morgan fingerprint density at radius 2 is 1.71 bits per heavy atom. The Morgan fingerprint density at radius 1 is 0.964 bits per heavy atom. The van der Waals surface area contributed by atoms with Gasteiger partial charge in [-0.25, -0.2) is 0 Å². The van der Waals surface area contributed by atoms with E-state index in [1.54, 1.807) is 12.2 Å². The van der Waals surface area contributed by atoms with Crippen LogP contribution in [0.25, 0.3) is 17.4 Å². The summed E-state index contributed by atoms with van der Waals surface area (Å²) in [7, 11) is 0. The summed E-state index contributed by atoms with van der Waals surface area (Å²) < 4.78 is 12.2. The van der Waals surface area contributed by atoms with E-state index in [2.05, 4.69) is 20.8 Å². The highest BCUT2D eigenvalue weighted by molar-refractivity contribution is 9.10. The van der Waals surface area contributed by atoms with Crippen molar-refractivity contribution in [2.45, 2.75) is 0 Å². The zero-order valence-corrected chi connectivity index (χ0v) is 16.9. The van der Waals surface area contributed by atoms with Gasteiger partial charge in [0.1, 0.15) is 11.5 Å². The maximum Gasteiger partial charge on any atom is 0.185 e. The summed E-state index contributed by atoms with van der Waals surface area (Å²) in [5, 5.41) is 0. The Morgan fingerprint density at radius 3 is 2.46 bits per heavy atom. The molecule has 1 aliphatic rings. The van der Waals surface area contributed by atoms with Crippen LogP contribution in [0.5, 0.6) is 0 Å². The van der Waals surface area contributed by atoms with Crippen molar-refractivity contribution in [3.05, 3.63) is 82.5 Å². The molecule has 28 heavy (non-hydrogen) atoms. The smallest absolute Gasteiger partial charge is 0.185 e. The van der Waals surface area contributed by atoms with Crippen LogP contribution in [0.2, 0.25) is 0 Å². The molecule has 1 saturated heterocycles. The number of carbonyl (C=O) groups is 1. The van der Waals surface area contributed by atoms with Crippen LogP contribution in [0.4, 0.5) is 5.69 Å². The molecule has 0 atom stereocenters. The number of hydrogen-bond acceptors (Lipinski definition) is 4. The summed E-state index contributed by atoms with van der Waals surface area (Å²) in [5.74, 6) is 1.35. The van der Waals surface area contributed by atoms with E-state index in [9.17, 15) is 4.79 Å². The van der Waals surface area contributed by atoms with Gasteiger partial charge < -0.3 is 14.1 Å². The summed E-state index contributed by atoms with van der Waals surface area (Å²) in [5.41, 5.74) is 2.76. The molecular formula is C23H20BrNO3. The molecule has 0 radical (unpaired) electrons. The summed E-state index contributed by atoms with van der Waals surface area (Å²) in [6, 6.07) is 19.4. The molecule has 0 aliphatic carbocycles. The molecule has 3 aromatic rings. The fraction of sp³-hybridized carbons (Fsp3) is 0.174. The molecule has 1 aliphatic heterocycles. The van der Waals surface area contributed by atoms with E-state index in [1.165, 1.54) is 0 Å². The SMILES string of the molecule is O=C(/C=C/c1ccc(-c2ccccc2Br)o1)c1ccc(N2CCOCC2)cc1. The zero-order valence-electron chi connectivity index (χ0n) is 15.3. The monoisotopic (exact) mass is 437 g/mol. The van der Waals surface area contributed by atoms with Gasteiger partial charge in [-0.1, -0.05) is 34.1 Å². The first-order valence-corrected chi connectivity index (χ1v) is 10.00. The average molecular weight is 438 g/mol. The van der Waals surface area contributed by atoms with Gasteiger partial charge in [0.25, 0.3) is 0 Å². The van der Waals surface area contributed by atoms with Crippen molar-refractivity contribution in [3.8, 4) is 11.3 Å². The predicted octanol–water partition coefficient (Wildman–Crippen LogP) is 5.44. The van der Waals surface area contributed by atoms with Gasteiger partial charge in [-0.15, -0.1) is 0 Å². The molecule has 4 nitrogen and oxygen atoms in total. The van der Waals surface area contributed by atoms with Gasteiger partial charge in [-0.05, 0) is 54.6 Å². The summed E-state index contributed by atoms with van der Waals surface area (Å²) in [6.45, 7) is 3.25. The number of ketones is 1. The molecule has 2 heterocycles. The molecule has 5 heteroatoms. The number of morpholine rings is 1. The van der Waals surface area contributed by atoms with Crippen LogP contribution in [0.15, 0.2) is 75.6 Å². The van der Waals surface area contributed by atoms with E-state index in [0.717, 1.165) is 47.8 Å². The van der Waals surface area contributed by atoms with Gasteiger partial charge in [0.2, 0.25) is 0 Å². The lowest BCUT2D eigenvalue weighted by Gasteiger charge is -2.28. The molecule has 0 unspecified atom stereocenters. The first kappa shape index (κ1) is 18.7. The molecule has 2 aromatic carbocycles. The highest BCUT2D eigenvalue weighted by Gasteiger charge is 2.12. The Bertz CT molecular complexity index is 985. The fourth-order valence-electron chi connectivity index (χ4n) is 3.16. The van der Waals surface area contributed by atoms with Crippen molar-refractivity contribution >= 4 is 33.5 Å². The lowest BCUT2D eigenvalue weighted by Crippen LogP contribution is -2.36. The molecule has 0 N–H and O–H groups in total. The van der Waals surface area contributed by atoms with Gasteiger partial charge >= 0.3 is 0 Å². The third kappa shape index (κ3) is 4.26. The van der Waals surface area contributed by atoms with Gasteiger partial charge in [-0.3, -0.25) is 4.79 Å². The normalized spacial score (nSPS) is 14.5. The second kappa shape index (κ2) is 8.59. The van der Waals surface area contributed by atoms with Crippen molar-refractivity contribution in [3.63, 3.8) is 0 Å². The number of nitrogens with zero attached hydrogens (tertiary/aromatic N) is 1. The summed E-state index contributed by atoms with van der Waals surface area (Å²) in [4.78, 5) is 14.7. The van der Waals surface area contributed by atoms with E-state index >= 15 is 0 Å². The number of allylic oxidation sites excluding steroid dienone is 1. The minimum absolute atomic E-state index is 0.0487. The Labute approximate surface area is 172 Å². The first-order valence-electron chi connectivity index (χ1n) is 9.20. The van der Waals surface area contributed by atoms with Gasteiger partial charge in [-0.2, -0.15) is 0 Å². The molecule has 142 valence electrons. The van der Waals surface area contributed by atoms with Gasteiger partial charge in [0, 0.05) is 34.4 Å². The summed E-state index contributed by atoms with van der Waals surface area (Å²) >= 11 is 3.53. The second-order valence-corrected chi connectivity index (χ2v) is 7.38.